The van der Waals surface area contributed by atoms with Crippen LogP contribution in [-0.4, -0.2) is 24.1 Å². The molecule has 3 rings (SSSR count). The Morgan fingerprint density at radius 1 is 1.19 bits per heavy atom. The molecule has 2 amide bonds. The lowest BCUT2D eigenvalue weighted by Crippen LogP contribution is -2.36. The van der Waals surface area contributed by atoms with Crippen molar-refractivity contribution in [3.05, 3.63) is 54.1 Å². The minimum absolute atomic E-state index is 0.00535. The summed E-state index contributed by atoms with van der Waals surface area (Å²) in [5, 5.41) is 8.06. The molecule has 1 N–H and O–H groups in total. The van der Waals surface area contributed by atoms with Crippen molar-refractivity contribution in [2.75, 3.05) is 10.3 Å². The van der Waals surface area contributed by atoms with Crippen molar-refractivity contribution < 1.29 is 23.1 Å². The smallest absolute Gasteiger partial charge is 0.387 e. The van der Waals surface area contributed by atoms with Gasteiger partial charge in [0.15, 0.2) is 0 Å². The molecule has 2 aromatic rings. The number of aryl methyl sites for hydroxylation is 1. The van der Waals surface area contributed by atoms with Gasteiger partial charge in [0.1, 0.15) is 11.5 Å². The van der Waals surface area contributed by atoms with E-state index in [1.807, 2.05) is 25.1 Å². The van der Waals surface area contributed by atoms with Crippen molar-refractivity contribution in [1.29, 1.82) is 0 Å². The van der Waals surface area contributed by atoms with Crippen LogP contribution in [0.25, 0.3) is 0 Å². The molecule has 0 aromatic heterocycles. The maximum Gasteiger partial charge on any atom is 0.387 e. The molecule has 1 aliphatic rings. The van der Waals surface area contributed by atoms with Crippen LogP contribution in [-0.2, 0) is 9.59 Å². The number of nitrogens with zero attached hydrogens (tertiary/aromatic N) is 2. The molecular weight excluding hydrogens is 356 g/mol. The summed E-state index contributed by atoms with van der Waals surface area (Å²) in [6.45, 7) is -1.01. The number of nitrogens with one attached hydrogen (secondary N) is 1. The van der Waals surface area contributed by atoms with Gasteiger partial charge >= 0.3 is 6.61 Å². The van der Waals surface area contributed by atoms with Crippen molar-refractivity contribution in [1.82, 2.24) is 0 Å². The topological polar surface area (TPSA) is 71.0 Å². The number of halogens is 2. The molecule has 0 unspecified atom stereocenters. The Morgan fingerprint density at radius 3 is 2.59 bits per heavy atom. The maximum absolute atomic E-state index is 12.4. The third-order valence-electron chi connectivity index (χ3n) is 3.88. The first-order chi connectivity index (χ1) is 12.9. The summed E-state index contributed by atoms with van der Waals surface area (Å²) in [5.41, 5.74) is 2.18. The summed E-state index contributed by atoms with van der Waals surface area (Å²) >= 11 is 0. The van der Waals surface area contributed by atoms with Gasteiger partial charge in [-0.2, -0.15) is 13.9 Å². The van der Waals surface area contributed by atoms with Crippen LogP contribution in [0.15, 0.2) is 53.6 Å². The molecule has 1 aliphatic heterocycles. The second kappa shape index (κ2) is 7.94. The fraction of sp³-hybridized carbons (Fsp3) is 0.211. The lowest BCUT2D eigenvalue weighted by molar-refractivity contribution is -0.118. The molecule has 0 saturated heterocycles. The minimum atomic E-state index is -2.91. The van der Waals surface area contributed by atoms with Gasteiger partial charge in [-0.25, -0.2) is 5.01 Å². The Bertz CT molecular complexity index is 882. The van der Waals surface area contributed by atoms with Crippen LogP contribution >= 0.6 is 0 Å². The lowest BCUT2D eigenvalue weighted by Gasteiger charge is -2.23. The highest BCUT2D eigenvalue weighted by Gasteiger charge is 2.25. The van der Waals surface area contributed by atoms with E-state index in [-0.39, 0.29) is 30.2 Å². The molecular formula is C19H17F2N3O3. The number of anilines is 2. The van der Waals surface area contributed by atoms with Crippen LogP contribution in [0.1, 0.15) is 18.4 Å². The predicted octanol–water partition coefficient (Wildman–Crippen LogP) is 3.72. The van der Waals surface area contributed by atoms with Gasteiger partial charge in [0, 0.05) is 18.5 Å². The molecule has 1 heterocycles. The average molecular weight is 373 g/mol. The molecule has 27 heavy (non-hydrogen) atoms. The first-order valence-electron chi connectivity index (χ1n) is 8.26. The highest BCUT2D eigenvalue weighted by atomic mass is 19.3. The van der Waals surface area contributed by atoms with E-state index in [2.05, 4.69) is 15.2 Å². The Balaban J connectivity index is 1.74. The molecule has 0 radical (unpaired) electrons. The largest absolute Gasteiger partial charge is 0.435 e. The molecule has 0 saturated carbocycles. The number of hydrazone groups is 1. The molecule has 0 spiro atoms. The van der Waals surface area contributed by atoms with E-state index in [4.69, 9.17) is 0 Å². The highest BCUT2D eigenvalue weighted by molar-refractivity contribution is 6.44. The van der Waals surface area contributed by atoms with Gasteiger partial charge in [-0.05, 0) is 48.9 Å². The second-order valence-corrected chi connectivity index (χ2v) is 5.95. The summed E-state index contributed by atoms with van der Waals surface area (Å²) in [5.74, 6) is -0.650. The zero-order valence-corrected chi connectivity index (χ0v) is 14.5. The van der Waals surface area contributed by atoms with Gasteiger partial charge in [0.2, 0.25) is 5.91 Å². The first-order valence-corrected chi connectivity index (χ1v) is 8.26. The van der Waals surface area contributed by atoms with Crippen molar-refractivity contribution in [3.8, 4) is 5.75 Å². The van der Waals surface area contributed by atoms with E-state index in [9.17, 15) is 18.4 Å². The fourth-order valence-corrected chi connectivity index (χ4v) is 2.60. The van der Waals surface area contributed by atoms with Crippen molar-refractivity contribution in [3.63, 3.8) is 0 Å². The van der Waals surface area contributed by atoms with Crippen LogP contribution in [0.5, 0.6) is 5.75 Å². The Hall–Kier alpha value is -3.29. The lowest BCUT2D eigenvalue weighted by atomic mass is 10.1. The van der Waals surface area contributed by atoms with Gasteiger partial charge in [-0.15, -0.1) is 0 Å². The van der Waals surface area contributed by atoms with E-state index in [0.29, 0.717) is 11.4 Å². The Morgan fingerprint density at radius 2 is 1.93 bits per heavy atom. The predicted molar refractivity (Wildman–Crippen MR) is 97.0 cm³/mol. The molecule has 2 aromatic carbocycles. The zero-order chi connectivity index (χ0) is 19.4. The molecule has 0 bridgehead atoms. The maximum atomic E-state index is 12.4. The van der Waals surface area contributed by atoms with Crippen LogP contribution in [0.3, 0.4) is 0 Å². The van der Waals surface area contributed by atoms with E-state index in [0.717, 1.165) is 5.56 Å². The third-order valence-corrected chi connectivity index (χ3v) is 3.88. The highest BCUT2D eigenvalue weighted by Crippen LogP contribution is 2.22. The molecule has 0 aliphatic carbocycles. The monoisotopic (exact) mass is 373 g/mol. The van der Waals surface area contributed by atoms with Crippen molar-refractivity contribution >= 4 is 28.9 Å². The van der Waals surface area contributed by atoms with Gasteiger partial charge in [0.05, 0.1) is 5.69 Å². The van der Waals surface area contributed by atoms with E-state index in [1.54, 1.807) is 6.07 Å². The number of rotatable bonds is 5. The molecule has 0 atom stereocenters. The van der Waals surface area contributed by atoms with Gasteiger partial charge in [-0.3, -0.25) is 9.59 Å². The third kappa shape index (κ3) is 4.66. The normalized spacial score (nSPS) is 14.1. The summed E-state index contributed by atoms with van der Waals surface area (Å²) in [7, 11) is 0. The SMILES string of the molecule is Cc1cccc(N2N=C(C(=O)Nc3ccc(OC(F)F)cc3)CCC2=O)c1. The van der Waals surface area contributed by atoms with Gasteiger partial charge < -0.3 is 10.1 Å². The average Bonchev–Trinajstić information content (AvgIpc) is 2.63. The number of carbonyl (C=O) groups excluding carboxylic acids is 2. The number of ether oxygens (including phenoxy) is 1. The first kappa shape index (κ1) is 18.5. The Labute approximate surface area is 154 Å². The van der Waals surface area contributed by atoms with Crippen LogP contribution in [0, 0.1) is 6.92 Å². The number of hydrogen-bond donors (Lipinski definition) is 1. The molecule has 140 valence electrons. The van der Waals surface area contributed by atoms with E-state index >= 15 is 0 Å². The quantitative estimate of drug-likeness (QED) is 0.868. The minimum Gasteiger partial charge on any atom is -0.435 e. The molecule has 0 fully saturated rings. The van der Waals surface area contributed by atoms with Crippen molar-refractivity contribution in [2.45, 2.75) is 26.4 Å². The number of amides is 2. The fourth-order valence-electron chi connectivity index (χ4n) is 2.60. The van der Waals surface area contributed by atoms with Gasteiger partial charge in [-0.1, -0.05) is 12.1 Å². The van der Waals surface area contributed by atoms with Crippen molar-refractivity contribution in [2.24, 2.45) is 5.10 Å². The number of hydrogen-bond acceptors (Lipinski definition) is 4. The van der Waals surface area contributed by atoms with Gasteiger partial charge in [0.25, 0.3) is 5.91 Å². The summed E-state index contributed by atoms with van der Waals surface area (Å²) < 4.78 is 28.6. The summed E-state index contributed by atoms with van der Waals surface area (Å²) in [6.07, 6.45) is 0.390. The summed E-state index contributed by atoms with van der Waals surface area (Å²) in [4.78, 5) is 24.6. The van der Waals surface area contributed by atoms with Crippen LogP contribution in [0.4, 0.5) is 20.2 Å². The second-order valence-electron chi connectivity index (χ2n) is 5.95. The standard InChI is InChI=1S/C19H17F2N3O3/c1-12-3-2-4-14(11-12)24-17(25)10-9-16(23-24)18(26)22-13-5-7-15(8-6-13)27-19(20)21/h2-8,11,19H,9-10H2,1H3,(H,22,26). The van der Waals surface area contributed by atoms with Crippen LogP contribution < -0.4 is 15.1 Å². The van der Waals surface area contributed by atoms with Crippen LogP contribution in [0.2, 0.25) is 0 Å². The van der Waals surface area contributed by atoms with E-state index < -0.39 is 12.5 Å². The summed E-state index contributed by atoms with van der Waals surface area (Å²) in [6, 6.07) is 12.8. The zero-order valence-electron chi connectivity index (χ0n) is 14.5. The number of alkyl halides is 2. The number of benzene rings is 2. The Kier molecular flexibility index (Phi) is 5.44. The molecule has 6 nitrogen and oxygen atoms in total. The molecule has 8 heteroatoms. The number of carbonyl (C=O) groups is 2. The van der Waals surface area contributed by atoms with E-state index in [1.165, 1.54) is 29.3 Å².